The van der Waals surface area contributed by atoms with E-state index in [2.05, 4.69) is 10.2 Å². The molecule has 0 aliphatic heterocycles. The summed E-state index contributed by atoms with van der Waals surface area (Å²) in [6, 6.07) is 18.8. The van der Waals surface area contributed by atoms with Gasteiger partial charge in [0.2, 0.25) is 5.43 Å². The second-order valence-electron chi connectivity index (χ2n) is 5.39. The second-order valence-corrected chi connectivity index (χ2v) is 5.39. The number of aromatic nitrogens is 4. The Hall–Kier alpha value is -3.54. The predicted molar refractivity (Wildman–Crippen MR) is 92.3 cm³/mol. The van der Waals surface area contributed by atoms with Gasteiger partial charge in [-0.05, 0) is 30.3 Å². The van der Waals surface area contributed by atoms with Crippen LogP contribution in [0, 0.1) is 5.82 Å². The van der Waals surface area contributed by atoms with Crippen molar-refractivity contribution in [3.05, 3.63) is 95.2 Å². The fraction of sp³-hybridized carbons (Fsp3) is 0. The Morgan fingerprint density at radius 2 is 1.64 bits per heavy atom. The van der Waals surface area contributed by atoms with Crippen molar-refractivity contribution >= 4 is 0 Å². The molecule has 0 aliphatic rings. The van der Waals surface area contributed by atoms with Crippen LogP contribution in [0.2, 0.25) is 0 Å². The monoisotopic (exact) mass is 332 g/mol. The summed E-state index contributed by atoms with van der Waals surface area (Å²) in [4.78, 5) is 12.4. The van der Waals surface area contributed by atoms with Crippen molar-refractivity contribution in [1.82, 2.24) is 19.6 Å². The van der Waals surface area contributed by atoms with E-state index >= 15 is 0 Å². The number of para-hydroxylation sites is 2. The van der Waals surface area contributed by atoms with Gasteiger partial charge < -0.3 is 0 Å². The third kappa shape index (κ3) is 2.74. The van der Waals surface area contributed by atoms with Crippen LogP contribution >= 0.6 is 0 Å². The molecule has 2 aromatic heterocycles. The van der Waals surface area contributed by atoms with Crippen LogP contribution in [-0.2, 0) is 0 Å². The number of rotatable bonds is 3. The van der Waals surface area contributed by atoms with Crippen molar-refractivity contribution in [3.8, 4) is 22.8 Å². The fourth-order valence-electron chi connectivity index (χ4n) is 2.61. The molecule has 6 heteroatoms. The summed E-state index contributed by atoms with van der Waals surface area (Å²) in [6.07, 6.45) is 3.05. The first-order valence-electron chi connectivity index (χ1n) is 7.69. The summed E-state index contributed by atoms with van der Waals surface area (Å²) < 4.78 is 17.0. The molecule has 122 valence electrons. The summed E-state index contributed by atoms with van der Waals surface area (Å²) in [5, 5.41) is 8.61. The van der Waals surface area contributed by atoms with E-state index in [0.29, 0.717) is 5.69 Å². The largest absolute Gasteiger partial charge is 0.287 e. The molecule has 0 saturated heterocycles. The molecule has 0 bridgehead atoms. The van der Waals surface area contributed by atoms with Crippen LogP contribution in [-0.4, -0.2) is 19.6 Å². The van der Waals surface area contributed by atoms with Gasteiger partial charge in [-0.15, -0.1) is 0 Å². The highest BCUT2D eigenvalue weighted by molar-refractivity contribution is 5.57. The van der Waals surface area contributed by atoms with Crippen LogP contribution in [0.5, 0.6) is 0 Å². The first-order chi connectivity index (χ1) is 12.2. The van der Waals surface area contributed by atoms with E-state index in [9.17, 15) is 9.18 Å². The highest BCUT2D eigenvalue weighted by Gasteiger charge is 2.14. The van der Waals surface area contributed by atoms with Crippen molar-refractivity contribution in [2.24, 2.45) is 0 Å². The van der Waals surface area contributed by atoms with Gasteiger partial charge in [-0.25, -0.2) is 13.8 Å². The van der Waals surface area contributed by atoms with Crippen molar-refractivity contribution in [3.63, 3.8) is 0 Å². The molecular weight excluding hydrogens is 319 g/mol. The molecule has 0 atom stereocenters. The molecule has 0 spiro atoms. The van der Waals surface area contributed by atoms with E-state index in [0.717, 1.165) is 5.69 Å². The number of benzene rings is 2. The van der Waals surface area contributed by atoms with Gasteiger partial charge in [0.05, 0.1) is 17.6 Å². The Kier molecular flexibility index (Phi) is 3.70. The Bertz CT molecular complexity index is 1090. The topological polar surface area (TPSA) is 52.7 Å². The summed E-state index contributed by atoms with van der Waals surface area (Å²) >= 11 is 0. The van der Waals surface area contributed by atoms with E-state index in [1.165, 1.54) is 23.0 Å². The van der Waals surface area contributed by atoms with Gasteiger partial charge >= 0.3 is 0 Å². The van der Waals surface area contributed by atoms with Gasteiger partial charge in [0.1, 0.15) is 11.5 Å². The predicted octanol–water partition coefficient (Wildman–Crippen LogP) is 3.22. The molecular formula is C19H13FN4O. The van der Waals surface area contributed by atoms with Crippen molar-refractivity contribution in [1.29, 1.82) is 0 Å². The zero-order chi connectivity index (χ0) is 17.2. The van der Waals surface area contributed by atoms with Gasteiger partial charge in [-0.3, -0.25) is 4.79 Å². The fourth-order valence-corrected chi connectivity index (χ4v) is 2.61. The maximum atomic E-state index is 14.0. The molecule has 0 N–H and O–H groups in total. The minimum atomic E-state index is -0.416. The van der Waals surface area contributed by atoms with E-state index in [4.69, 9.17) is 0 Å². The Labute approximate surface area is 142 Å². The highest BCUT2D eigenvalue weighted by atomic mass is 19.1. The first kappa shape index (κ1) is 15.0. The third-order valence-electron chi connectivity index (χ3n) is 3.79. The number of hydrogen-bond acceptors (Lipinski definition) is 3. The molecule has 0 saturated carbocycles. The van der Waals surface area contributed by atoms with E-state index < -0.39 is 5.82 Å². The zero-order valence-electron chi connectivity index (χ0n) is 13.1. The van der Waals surface area contributed by atoms with Crippen LogP contribution < -0.4 is 5.43 Å². The van der Waals surface area contributed by atoms with E-state index in [1.54, 1.807) is 35.1 Å². The quantitative estimate of drug-likeness (QED) is 0.579. The second kappa shape index (κ2) is 6.16. The van der Waals surface area contributed by atoms with Crippen LogP contribution in [0.25, 0.3) is 22.8 Å². The number of halogens is 1. The van der Waals surface area contributed by atoms with Gasteiger partial charge in [0.15, 0.2) is 5.69 Å². The summed E-state index contributed by atoms with van der Waals surface area (Å²) in [5.74, 6) is -0.416. The highest BCUT2D eigenvalue weighted by Crippen LogP contribution is 2.19. The van der Waals surface area contributed by atoms with Crippen LogP contribution in [0.4, 0.5) is 4.39 Å². The summed E-state index contributed by atoms with van der Waals surface area (Å²) in [5.41, 5.74) is 1.57. The van der Waals surface area contributed by atoms with Crippen LogP contribution in [0.15, 0.2) is 83.9 Å². The summed E-state index contributed by atoms with van der Waals surface area (Å²) in [7, 11) is 0. The zero-order valence-corrected chi connectivity index (χ0v) is 13.1. The molecule has 5 nitrogen and oxygen atoms in total. The van der Waals surface area contributed by atoms with Crippen molar-refractivity contribution < 1.29 is 4.39 Å². The smallest absolute Gasteiger partial charge is 0.209 e. The molecule has 2 heterocycles. The lowest BCUT2D eigenvalue weighted by molar-refractivity contribution is 0.608. The Balaban J connectivity index is 1.88. The molecule has 0 radical (unpaired) electrons. The van der Waals surface area contributed by atoms with Crippen molar-refractivity contribution in [2.45, 2.75) is 0 Å². The number of nitrogens with zero attached hydrogens (tertiary/aromatic N) is 4. The molecule has 0 unspecified atom stereocenters. The molecule has 0 aliphatic carbocycles. The van der Waals surface area contributed by atoms with Gasteiger partial charge in [-0.1, -0.05) is 30.3 Å². The van der Waals surface area contributed by atoms with E-state index in [1.807, 2.05) is 30.3 Å². The SMILES string of the molecule is O=c1ccn(-c2ccccc2F)nc1-c1ccnn1-c1ccccc1. The first-order valence-corrected chi connectivity index (χ1v) is 7.69. The lowest BCUT2D eigenvalue weighted by atomic mass is 10.2. The normalized spacial score (nSPS) is 10.8. The molecule has 0 fully saturated rings. The minimum Gasteiger partial charge on any atom is -0.287 e. The summed E-state index contributed by atoms with van der Waals surface area (Å²) in [6.45, 7) is 0. The minimum absolute atomic E-state index is 0.201. The van der Waals surface area contributed by atoms with Gasteiger partial charge in [0.25, 0.3) is 0 Å². The standard InChI is InChI=1S/C19H13FN4O/c20-15-8-4-5-9-16(15)23-13-11-18(25)19(22-23)17-10-12-21-24(17)14-6-2-1-3-7-14/h1-13H. The Morgan fingerprint density at radius 1 is 0.880 bits per heavy atom. The average Bonchev–Trinajstić information content (AvgIpc) is 3.13. The van der Waals surface area contributed by atoms with Gasteiger partial charge in [0, 0.05) is 12.3 Å². The van der Waals surface area contributed by atoms with Gasteiger partial charge in [-0.2, -0.15) is 10.2 Å². The van der Waals surface area contributed by atoms with Crippen LogP contribution in [0.3, 0.4) is 0 Å². The van der Waals surface area contributed by atoms with E-state index in [-0.39, 0.29) is 16.8 Å². The lowest BCUT2D eigenvalue weighted by Gasteiger charge is -2.10. The molecule has 2 aromatic carbocycles. The molecule has 25 heavy (non-hydrogen) atoms. The van der Waals surface area contributed by atoms with Crippen LogP contribution in [0.1, 0.15) is 0 Å². The lowest BCUT2D eigenvalue weighted by Crippen LogP contribution is -2.15. The van der Waals surface area contributed by atoms with Crippen molar-refractivity contribution in [2.75, 3.05) is 0 Å². The third-order valence-corrected chi connectivity index (χ3v) is 3.79. The molecule has 4 rings (SSSR count). The number of hydrogen-bond donors (Lipinski definition) is 0. The maximum absolute atomic E-state index is 14.0. The molecule has 4 aromatic rings. The Morgan fingerprint density at radius 3 is 2.44 bits per heavy atom. The molecule has 0 amide bonds. The maximum Gasteiger partial charge on any atom is 0.209 e. The average molecular weight is 332 g/mol.